The monoisotopic (exact) mass is 388 g/mol. The number of methoxy groups -OCH3 is 1. The molecule has 1 aromatic rings. The van der Waals surface area contributed by atoms with Crippen molar-refractivity contribution in [1.82, 2.24) is 20.1 Å². The Labute approximate surface area is 164 Å². The quantitative estimate of drug-likeness (QED) is 0.776. The summed E-state index contributed by atoms with van der Waals surface area (Å²) in [6.07, 6.45) is 5.92. The molecule has 0 aromatic carbocycles. The van der Waals surface area contributed by atoms with Crippen LogP contribution in [0.1, 0.15) is 48.6 Å². The SMILES string of the molecule is CO[C@H]1C[C@@H](C(=O)N2CCNC(=O)C2)CC[C@@H]1NC(=O)c1cccn1C1CC1. The van der Waals surface area contributed by atoms with Crippen molar-refractivity contribution in [3.63, 3.8) is 0 Å². The lowest BCUT2D eigenvalue weighted by Crippen LogP contribution is -2.54. The van der Waals surface area contributed by atoms with E-state index in [1.54, 1.807) is 12.0 Å². The average Bonchev–Trinajstić information content (AvgIpc) is 3.43. The Morgan fingerprint density at radius 1 is 1.25 bits per heavy atom. The summed E-state index contributed by atoms with van der Waals surface area (Å²) in [5.41, 5.74) is 0.690. The first-order valence-corrected chi connectivity index (χ1v) is 10.1. The van der Waals surface area contributed by atoms with Gasteiger partial charge >= 0.3 is 0 Å². The summed E-state index contributed by atoms with van der Waals surface area (Å²) in [6.45, 7) is 1.19. The maximum absolute atomic E-state index is 12.8. The zero-order chi connectivity index (χ0) is 19.7. The number of nitrogens with one attached hydrogen (secondary N) is 2. The molecule has 2 aliphatic carbocycles. The molecule has 2 N–H and O–H groups in total. The van der Waals surface area contributed by atoms with E-state index in [9.17, 15) is 14.4 Å². The molecule has 1 aromatic heterocycles. The number of amides is 3. The van der Waals surface area contributed by atoms with Gasteiger partial charge in [0.15, 0.2) is 0 Å². The second-order valence-corrected chi connectivity index (χ2v) is 8.01. The number of aromatic nitrogens is 1. The smallest absolute Gasteiger partial charge is 0.268 e. The van der Waals surface area contributed by atoms with Crippen LogP contribution >= 0.6 is 0 Å². The average molecular weight is 388 g/mol. The van der Waals surface area contributed by atoms with E-state index in [-0.39, 0.29) is 42.3 Å². The van der Waals surface area contributed by atoms with Gasteiger partial charge in [0.05, 0.1) is 18.7 Å². The summed E-state index contributed by atoms with van der Waals surface area (Å²) in [5.74, 6) is -0.340. The second kappa shape index (κ2) is 7.95. The minimum Gasteiger partial charge on any atom is -0.379 e. The van der Waals surface area contributed by atoms with Gasteiger partial charge in [0.2, 0.25) is 11.8 Å². The van der Waals surface area contributed by atoms with Crippen molar-refractivity contribution < 1.29 is 19.1 Å². The molecular weight excluding hydrogens is 360 g/mol. The van der Waals surface area contributed by atoms with Crippen molar-refractivity contribution in [3.8, 4) is 0 Å². The zero-order valence-corrected chi connectivity index (χ0v) is 16.2. The van der Waals surface area contributed by atoms with Crippen LogP contribution in [0.3, 0.4) is 0 Å². The zero-order valence-electron chi connectivity index (χ0n) is 16.2. The van der Waals surface area contributed by atoms with Crippen molar-refractivity contribution in [2.24, 2.45) is 5.92 Å². The number of rotatable bonds is 5. The minimum absolute atomic E-state index is 0.0179. The van der Waals surface area contributed by atoms with Crippen molar-refractivity contribution in [1.29, 1.82) is 0 Å². The van der Waals surface area contributed by atoms with Gasteiger partial charge in [-0.25, -0.2) is 0 Å². The third-order valence-corrected chi connectivity index (χ3v) is 6.06. The predicted octanol–water partition coefficient (Wildman–Crippen LogP) is 0.695. The number of ether oxygens (including phenoxy) is 1. The molecule has 0 radical (unpaired) electrons. The Balaban J connectivity index is 1.36. The Hall–Kier alpha value is -2.35. The highest BCUT2D eigenvalue weighted by atomic mass is 16.5. The third-order valence-electron chi connectivity index (χ3n) is 6.06. The molecule has 0 bridgehead atoms. The van der Waals surface area contributed by atoms with Gasteiger partial charge < -0.3 is 24.8 Å². The maximum atomic E-state index is 12.8. The van der Waals surface area contributed by atoms with E-state index >= 15 is 0 Å². The highest BCUT2D eigenvalue weighted by Gasteiger charge is 2.38. The molecule has 3 fully saturated rings. The van der Waals surface area contributed by atoms with Crippen LogP contribution in [-0.4, -0.2) is 66.1 Å². The largest absolute Gasteiger partial charge is 0.379 e. The van der Waals surface area contributed by atoms with E-state index in [0.29, 0.717) is 44.1 Å². The molecule has 2 saturated carbocycles. The molecule has 8 nitrogen and oxygen atoms in total. The van der Waals surface area contributed by atoms with Crippen LogP contribution < -0.4 is 10.6 Å². The van der Waals surface area contributed by atoms with Crippen LogP contribution in [0.15, 0.2) is 18.3 Å². The van der Waals surface area contributed by atoms with E-state index in [4.69, 9.17) is 4.74 Å². The molecule has 2 heterocycles. The van der Waals surface area contributed by atoms with Gasteiger partial charge in [-0.05, 0) is 44.2 Å². The summed E-state index contributed by atoms with van der Waals surface area (Å²) in [4.78, 5) is 38.8. The highest BCUT2D eigenvalue weighted by Crippen LogP contribution is 2.36. The molecule has 8 heteroatoms. The number of carbonyl (C=O) groups excluding carboxylic acids is 3. The number of hydrogen-bond acceptors (Lipinski definition) is 4. The van der Waals surface area contributed by atoms with Gasteiger partial charge in [0, 0.05) is 38.4 Å². The van der Waals surface area contributed by atoms with Crippen LogP contribution in [-0.2, 0) is 14.3 Å². The molecule has 0 unspecified atom stereocenters. The van der Waals surface area contributed by atoms with E-state index in [1.807, 2.05) is 22.9 Å². The number of hydrogen-bond donors (Lipinski definition) is 2. The van der Waals surface area contributed by atoms with Crippen LogP contribution in [0.4, 0.5) is 0 Å². The molecule has 3 amide bonds. The molecule has 1 saturated heterocycles. The predicted molar refractivity (Wildman–Crippen MR) is 102 cm³/mol. The number of piperazine rings is 1. The van der Waals surface area contributed by atoms with Crippen LogP contribution in [0.25, 0.3) is 0 Å². The van der Waals surface area contributed by atoms with Gasteiger partial charge in [0.25, 0.3) is 5.91 Å². The van der Waals surface area contributed by atoms with Gasteiger partial charge in [0.1, 0.15) is 5.69 Å². The summed E-state index contributed by atoms with van der Waals surface area (Å²) in [5, 5.41) is 5.86. The standard InChI is InChI=1S/C20H28N4O4/c1-28-17-11-13(20(27)23-10-8-21-18(25)12-23)4-7-15(17)22-19(26)16-3-2-9-24(16)14-5-6-14/h2-3,9,13-15,17H,4-8,10-12H2,1H3,(H,21,25)(H,22,26)/t13-,15-,17-/m0/s1. The first kappa shape index (κ1) is 19.0. The van der Waals surface area contributed by atoms with Crippen molar-refractivity contribution in [2.45, 2.75) is 50.3 Å². The fourth-order valence-corrected chi connectivity index (χ4v) is 4.36. The van der Waals surface area contributed by atoms with E-state index in [1.165, 1.54) is 0 Å². The van der Waals surface area contributed by atoms with E-state index in [2.05, 4.69) is 10.6 Å². The van der Waals surface area contributed by atoms with Crippen LogP contribution in [0.5, 0.6) is 0 Å². The molecule has 3 aliphatic rings. The van der Waals surface area contributed by atoms with Crippen molar-refractivity contribution in [2.75, 3.05) is 26.7 Å². The maximum Gasteiger partial charge on any atom is 0.268 e. The Bertz CT molecular complexity index is 757. The minimum atomic E-state index is -0.213. The Morgan fingerprint density at radius 2 is 2.07 bits per heavy atom. The van der Waals surface area contributed by atoms with Crippen molar-refractivity contribution >= 4 is 17.7 Å². The van der Waals surface area contributed by atoms with Gasteiger partial charge in [-0.2, -0.15) is 0 Å². The third kappa shape index (κ3) is 3.92. The first-order valence-electron chi connectivity index (χ1n) is 10.1. The summed E-state index contributed by atoms with van der Waals surface area (Å²) in [7, 11) is 1.62. The Morgan fingerprint density at radius 3 is 2.79 bits per heavy atom. The second-order valence-electron chi connectivity index (χ2n) is 8.01. The number of nitrogens with zero attached hydrogens (tertiary/aromatic N) is 2. The molecule has 28 heavy (non-hydrogen) atoms. The fraction of sp³-hybridized carbons (Fsp3) is 0.650. The fourth-order valence-electron chi connectivity index (χ4n) is 4.36. The molecule has 4 rings (SSSR count). The lowest BCUT2D eigenvalue weighted by atomic mass is 9.82. The van der Waals surface area contributed by atoms with E-state index in [0.717, 1.165) is 12.8 Å². The van der Waals surface area contributed by atoms with Gasteiger partial charge in [-0.15, -0.1) is 0 Å². The van der Waals surface area contributed by atoms with Crippen LogP contribution in [0, 0.1) is 5.92 Å². The van der Waals surface area contributed by atoms with E-state index < -0.39 is 0 Å². The van der Waals surface area contributed by atoms with Crippen molar-refractivity contribution in [3.05, 3.63) is 24.0 Å². The normalized spacial score (nSPS) is 28.0. The molecular formula is C20H28N4O4. The lowest BCUT2D eigenvalue weighted by Gasteiger charge is -2.37. The molecule has 3 atom stereocenters. The summed E-state index contributed by atoms with van der Waals surface area (Å²) in [6, 6.07) is 4.09. The molecule has 0 spiro atoms. The first-order chi connectivity index (χ1) is 13.6. The lowest BCUT2D eigenvalue weighted by molar-refractivity contribution is -0.143. The molecule has 1 aliphatic heterocycles. The van der Waals surface area contributed by atoms with Gasteiger partial charge in [-0.3, -0.25) is 14.4 Å². The summed E-state index contributed by atoms with van der Waals surface area (Å²) >= 11 is 0. The highest BCUT2D eigenvalue weighted by molar-refractivity contribution is 5.93. The summed E-state index contributed by atoms with van der Waals surface area (Å²) < 4.78 is 7.68. The van der Waals surface area contributed by atoms with Crippen LogP contribution in [0.2, 0.25) is 0 Å². The number of carbonyl (C=O) groups is 3. The molecule has 152 valence electrons. The van der Waals surface area contributed by atoms with Gasteiger partial charge in [-0.1, -0.05) is 0 Å². The Kier molecular flexibility index (Phi) is 5.39. The topological polar surface area (TPSA) is 92.7 Å².